The smallest absolute Gasteiger partial charge is 0.337 e. The summed E-state index contributed by atoms with van der Waals surface area (Å²) in [6, 6.07) is 21.7. The average Bonchev–Trinajstić information content (AvgIpc) is 3.33. The van der Waals surface area contributed by atoms with E-state index in [4.69, 9.17) is 9.47 Å². The Bertz CT molecular complexity index is 1760. The molecule has 11 heteroatoms. The van der Waals surface area contributed by atoms with Gasteiger partial charge in [-0.25, -0.2) is 14.3 Å². The summed E-state index contributed by atoms with van der Waals surface area (Å²) in [5.41, 5.74) is 2.94. The molecular formula is C29H23N7O3S. The molecule has 0 aliphatic rings. The van der Waals surface area contributed by atoms with Gasteiger partial charge in [-0.3, -0.25) is 4.98 Å². The SMILES string of the molecule is C.COC(=O)c1ccc(-c2c(C#N)c(SC)nc3c(C#N)c(Nc4ccc(Oc5ccncc5)cc4)nn23)cc1. The molecule has 0 aliphatic carbocycles. The van der Waals surface area contributed by atoms with Gasteiger partial charge in [0.1, 0.15) is 39.8 Å². The van der Waals surface area contributed by atoms with Crippen molar-refractivity contribution in [2.45, 2.75) is 12.5 Å². The lowest BCUT2D eigenvalue weighted by Gasteiger charge is -2.11. The fourth-order valence-corrected chi connectivity index (χ4v) is 4.42. The van der Waals surface area contributed by atoms with Gasteiger partial charge in [0.05, 0.1) is 18.4 Å². The molecule has 0 atom stereocenters. The predicted octanol–water partition coefficient (Wildman–Crippen LogP) is 6.22. The van der Waals surface area contributed by atoms with Gasteiger partial charge in [-0.1, -0.05) is 19.6 Å². The van der Waals surface area contributed by atoms with E-state index in [2.05, 4.69) is 32.5 Å². The number of benzene rings is 2. The number of nitrogens with zero attached hydrogens (tertiary/aromatic N) is 6. The Hall–Kier alpha value is -5.39. The third-order valence-corrected chi connectivity index (χ3v) is 6.41. The van der Waals surface area contributed by atoms with Crippen molar-refractivity contribution < 1.29 is 14.3 Å². The second-order valence-corrected chi connectivity index (χ2v) is 8.83. The Morgan fingerprint density at radius 2 is 1.60 bits per heavy atom. The molecule has 0 radical (unpaired) electrons. The van der Waals surface area contributed by atoms with Crippen molar-refractivity contribution >= 4 is 34.9 Å². The van der Waals surface area contributed by atoms with Crippen LogP contribution in [0.1, 0.15) is 28.9 Å². The first kappa shape index (κ1) is 27.6. The molecule has 0 saturated heterocycles. The normalized spacial score (nSPS) is 10.2. The molecule has 1 N–H and O–H groups in total. The zero-order chi connectivity index (χ0) is 27.4. The van der Waals surface area contributed by atoms with Crippen molar-refractivity contribution in [3.8, 4) is 34.9 Å². The molecule has 5 aromatic rings. The first-order chi connectivity index (χ1) is 19.1. The third-order valence-electron chi connectivity index (χ3n) is 5.73. The van der Waals surface area contributed by atoms with Crippen molar-refractivity contribution in [2.75, 3.05) is 18.7 Å². The molecule has 0 aliphatic heterocycles. The maximum Gasteiger partial charge on any atom is 0.337 e. The van der Waals surface area contributed by atoms with Crippen LogP contribution in [0.5, 0.6) is 11.5 Å². The van der Waals surface area contributed by atoms with Gasteiger partial charge in [0.2, 0.25) is 0 Å². The zero-order valence-electron chi connectivity index (χ0n) is 20.7. The Morgan fingerprint density at radius 3 is 2.20 bits per heavy atom. The minimum absolute atomic E-state index is 0. The summed E-state index contributed by atoms with van der Waals surface area (Å²) in [6.07, 6.45) is 5.10. The fourth-order valence-electron chi connectivity index (χ4n) is 3.90. The van der Waals surface area contributed by atoms with Crippen LogP contribution in [0.3, 0.4) is 0 Å². The molecule has 40 heavy (non-hydrogen) atoms. The Balaban J connectivity index is 0.00000370. The van der Waals surface area contributed by atoms with E-state index in [1.54, 1.807) is 79.3 Å². The van der Waals surface area contributed by atoms with Crippen molar-refractivity contribution in [1.29, 1.82) is 10.5 Å². The lowest BCUT2D eigenvalue weighted by atomic mass is 10.1. The maximum atomic E-state index is 11.9. The molecular weight excluding hydrogens is 526 g/mol. The largest absolute Gasteiger partial charge is 0.465 e. The van der Waals surface area contributed by atoms with Crippen LogP contribution in [-0.4, -0.2) is 38.9 Å². The number of pyridine rings is 1. The van der Waals surface area contributed by atoms with Gasteiger partial charge in [-0.2, -0.15) is 10.5 Å². The van der Waals surface area contributed by atoms with E-state index in [1.807, 2.05) is 0 Å². The summed E-state index contributed by atoms with van der Waals surface area (Å²) in [5, 5.41) is 28.3. The molecule has 0 amide bonds. The van der Waals surface area contributed by atoms with E-state index >= 15 is 0 Å². The number of anilines is 2. The fraction of sp³-hybridized carbons (Fsp3) is 0.103. The summed E-state index contributed by atoms with van der Waals surface area (Å²) in [6.45, 7) is 0. The topological polar surface area (TPSA) is 138 Å². The van der Waals surface area contributed by atoms with Crippen LogP contribution in [0.25, 0.3) is 16.9 Å². The summed E-state index contributed by atoms with van der Waals surface area (Å²) in [5.74, 6) is 1.10. The van der Waals surface area contributed by atoms with Gasteiger partial charge < -0.3 is 14.8 Å². The number of carbonyl (C=O) groups excluding carboxylic acids is 1. The standard InChI is InChI=1S/C28H19N7O3S.CH4/c1-37-28(36)18-5-3-17(4-6-18)24-22(15-29)27(39-2)33-26-23(16-30)25(34-35(24)26)32-19-7-9-20(10-8-19)38-21-11-13-31-14-12-21;/h3-14H,1-2H3,(H,32,34);1H4. The number of thioether (sulfide) groups is 1. The van der Waals surface area contributed by atoms with Crippen LogP contribution in [0.4, 0.5) is 11.5 Å². The van der Waals surface area contributed by atoms with Crippen molar-refractivity contribution in [3.05, 3.63) is 89.7 Å². The third kappa shape index (κ3) is 5.27. The van der Waals surface area contributed by atoms with E-state index < -0.39 is 5.97 Å². The van der Waals surface area contributed by atoms with E-state index in [-0.39, 0.29) is 18.8 Å². The number of nitrogens with one attached hydrogen (secondary N) is 1. The van der Waals surface area contributed by atoms with Gasteiger partial charge in [-0.05, 0) is 54.8 Å². The number of ether oxygens (including phenoxy) is 2. The van der Waals surface area contributed by atoms with Crippen molar-refractivity contribution in [2.24, 2.45) is 0 Å². The molecule has 3 aromatic heterocycles. The predicted molar refractivity (Wildman–Crippen MR) is 152 cm³/mol. The summed E-state index contributed by atoms with van der Waals surface area (Å²) < 4.78 is 12.1. The lowest BCUT2D eigenvalue weighted by molar-refractivity contribution is 0.0600. The number of nitriles is 2. The van der Waals surface area contributed by atoms with Gasteiger partial charge in [0, 0.05) is 23.6 Å². The quantitative estimate of drug-likeness (QED) is 0.141. The molecule has 2 aromatic carbocycles. The second kappa shape index (κ2) is 12.0. The van der Waals surface area contributed by atoms with Crippen LogP contribution in [0.15, 0.2) is 78.1 Å². The highest BCUT2D eigenvalue weighted by Crippen LogP contribution is 2.34. The average molecular weight is 550 g/mol. The molecule has 0 spiro atoms. The highest BCUT2D eigenvalue weighted by Gasteiger charge is 2.23. The number of esters is 1. The van der Waals surface area contributed by atoms with Gasteiger partial charge in [0.15, 0.2) is 11.5 Å². The Morgan fingerprint density at radius 1 is 0.950 bits per heavy atom. The number of carbonyl (C=O) groups is 1. The summed E-state index contributed by atoms with van der Waals surface area (Å²) in [4.78, 5) is 20.5. The molecule has 198 valence electrons. The maximum absolute atomic E-state index is 11.9. The molecule has 5 rings (SSSR count). The highest BCUT2D eigenvalue weighted by atomic mass is 32.2. The number of rotatable bonds is 7. The van der Waals surface area contributed by atoms with Gasteiger partial charge >= 0.3 is 5.97 Å². The van der Waals surface area contributed by atoms with Crippen molar-refractivity contribution in [1.82, 2.24) is 19.6 Å². The molecule has 0 saturated carbocycles. The minimum Gasteiger partial charge on any atom is -0.465 e. The Labute approximate surface area is 234 Å². The first-order valence-electron chi connectivity index (χ1n) is 11.5. The van der Waals surface area contributed by atoms with E-state index in [0.717, 1.165) is 0 Å². The van der Waals surface area contributed by atoms with Crippen LogP contribution >= 0.6 is 11.8 Å². The second-order valence-electron chi connectivity index (χ2n) is 8.03. The van der Waals surface area contributed by atoms with E-state index in [9.17, 15) is 15.3 Å². The van der Waals surface area contributed by atoms with Crippen LogP contribution in [0.2, 0.25) is 0 Å². The number of hydrogen-bond acceptors (Lipinski definition) is 10. The molecule has 0 unspecified atom stereocenters. The van der Waals surface area contributed by atoms with E-state index in [0.29, 0.717) is 50.2 Å². The van der Waals surface area contributed by atoms with Crippen molar-refractivity contribution in [3.63, 3.8) is 0 Å². The number of methoxy groups -OCH3 is 1. The Kier molecular flexibility index (Phi) is 8.28. The number of aromatic nitrogens is 4. The highest BCUT2D eigenvalue weighted by molar-refractivity contribution is 7.98. The van der Waals surface area contributed by atoms with Crippen LogP contribution < -0.4 is 10.1 Å². The lowest BCUT2D eigenvalue weighted by Crippen LogP contribution is -2.04. The first-order valence-corrected chi connectivity index (χ1v) is 12.7. The molecule has 0 bridgehead atoms. The zero-order valence-corrected chi connectivity index (χ0v) is 21.6. The summed E-state index contributed by atoms with van der Waals surface area (Å²) in [7, 11) is 1.31. The van der Waals surface area contributed by atoms with Crippen LogP contribution in [-0.2, 0) is 4.74 Å². The molecule has 3 heterocycles. The van der Waals surface area contributed by atoms with Gasteiger partial charge in [0.25, 0.3) is 0 Å². The molecule has 10 nitrogen and oxygen atoms in total. The molecule has 0 fully saturated rings. The van der Waals surface area contributed by atoms with Gasteiger partial charge in [-0.15, -0.1) is 16.9 Å². The number of fused-ring (bicyclic) bond motifs is 1. The number of hydrogen-bond donors (Lipinski definition) is 1. The van der Waals surface area contributed by atoms with E-state index in [1.165, 1.54) is 23.4 Å². The monoisotopic (exact) mass is 549 g/mol. The summed E-state index contributed by atoms with van der Waals surface area (Å²) >= 11 is 1.29. The minimum atomic E-state index is -0.471. The van der Waals surface area contributed by atoms with Crippen LogP contribution in [0, 0.1) is 22.7 Å².